The van der Waals surface area contributed by atoms with Crippen molar-refractivity contribution < 1.29 is 14.3 Å². The monoisotopic (exact) mass is 209 g/mol. The number of hydrogen-bond acceptors (Lipinski definition) is 4. The van der Waals surface area contributed by atoms with Crippen LogP contribution in [0.15, 0.2) is 11.8 Å². The van der Waals surface area contributed by atoms with Crippen LogP contribution < -0.4 is 0 Å². The topological polar surface area (TPSA) is 38.8 Å². The number of carbonyl (C=O) groups excluding carboxylic acids is 1. The number of nitrogens with zero attached hydrogens (tertiary/aromatic N) is 1. The molecule has 3 aliphatic rings. The van der Waals surface area contributed by atoms with Gasteiger partial charge in [0.15, 0.2) is 11.6 Å². The van der Waals surface area contributed by atoms with Gasteiger partial charge in [-0.1, -0.05) is 0 Å². The third kappa shape index (κ3) is 1.40. The standard InChI is InChI=1S/C11H15NO3/c1-11(2)14-9-6-12-4-3-7(13)5-8(12)10(9)15-11/h5,9-10H,3-4,6H2,1-2H3/t9-,10+/m1/s1. The quantitative estimate of drug-likeness (QED) is 0.588. The first-order valence-electron chi connectivity index (χ1n) is 5.40. The van der Waals surface area contributed by atoms with Gasteiger partial charge in [-0.15, -0.1) is 0 Å². The number of hydrogen-bond donors (Lipinski definition) is 0. The van der Waals surface area contributed by atoms with E-state index in [-0.39, 0.29) is 18.0 Å². The summed E-state index contributed by atoms with van der Waals surface area (Å²) in [5.41, 5.74) is 1.02. The van der Waals surface area contributed by atoms with Crippen LogP contribution in [0.5, 0.6) is 0 Å². The molecule has 0 spiro atoms. The van der Waals surface area contributed by atoms with E-state index in [4.69, 9.17) is 9.47 Å². The minimum absolute atomic E-state index is 0.0377. The molecule has 0 saturated carbocycles. The fraction of sp³-hybridized carbons (Fsp3) is 0.727. The first-order valence-corrected chi connectivity index (χ1v) is 5.40. The zero-order chi connectivity index (χ0) is 10.6. The third-order valence-corrected chi connectivity index (χ3v) is 3.18. The molecule has 0 aromatic rings. The van der Waals surface area contributed by atoms with Crippen molar-refractivity contribution >= 4 is 5.78 Å². The molecule has 82 valence electrons. The number of ether oxygens (including phenoxy) is 2. The second-order valence-corrected chi connectivity index (χ2v) is 4.83. The highest BCUT2D eigenvalue weighted by Crippen LogP contribution is 2.39. The van der Waals surface area contributed by atoms with E-state index >= 15 is 0 Å². The number of fused-ring (bicyclic) bond motifs is 3. The van der Waals surface area contributed by atoms with Crippen molar-refractivity contribution in [3.8, 4) is 0 Å². The van der Waals surface area contributed by atoms with Crippen LogP contribution in [-0.2, 0) is 14.3 Å². The van der Waals surface area contributed by atoms with Gasteiger partial charge in [-0.25, -0.2) is 0 Å². The molecule has 3 heterocycles. The minimum Gasteiger partial charge on any atom is -0.369 e. The summed E-state index contributed by atoms with van der Waals surface area (Å²) in [7, 11) is 0. The smallest absolute Gasteiger partial charge is 0.164 e. The lowest BCUT2D eigenvalue weighted by atomic mass is 10.1. The molecule has 2 saturated heterocycles. The van der Waals surface area contributed by atoms with Crippen molar-refractivity contribution in [2.45, 2.75) is 38.3 Å². The Morgan fingerprint density at radius 2 is 2.27 bits per heavy atom. The molecule has 0 aromatic heterocycles. The van der Waals surface area contributed by atoms with E-state index in [0.29, 0.717) is 6.42 Å². The number of ketones is 1. The van der Waals surface area contributed by atoms with Gasteiger partial charge in [0, 0.05) is 31.3 Å². The second-order valence-electron chi connectivity index (χ2n) is 4.83. The third-order valence-electron chi connectivity index (χ3n) is 3.18. The molecule has 3 aliphatic heterocycles. The van der Waals surface area contributed by atoms with Gasteiger partial charge in [0.05, 0.1) is 0 Å². The van der Waals surface area contributed by atoms with E-state index in [9.17, 15) is 4.79 Å². The van der Waals surface area contributed by atoms with Crippen LogP contribution in [0.3, 0.4) is 0 Å². The van der Waals surface area contributed by atoms with E-state index in [0.717, 1.165) is 18.8 Å². The average Bonchev–Trinajstić information content (AvgIpc) is 2.58. The summed E-state index contributed by atoms with van der Waals surface area (Å²) in [4.78, 5) is 13.6. The summed E-state index contributed by atoms with van der Waals surface area (Å²) >= 11 is 0. The molecule has 0 aromatic carbocycles. The molecule has 0 bridgehead atoms. The van der Waals surface area contributed by atoms with Crippen molar-refractivity contribution in [3.05, 3.63) is 11.8 Å². The average molecular weight is 209 g/mol. The predicted octanol–water partition coefficient (Wildman–Crippen LogP) is 0.679. The van der Waals surface area contributed by atoms with E-state index in [1.54, 1.807) is 6.08 Å². The Labute approximate surface area is 88.8 Å². The molecule has 2 fully saturated rings. The maximum atomic E-state index is 11.4. The predicted molar refractivity (Wildman–Crippen MR) is 53.1 cm³/mol. The number of carbonyl (C=O) groups is 1. The molecule has 0 aliphatic carbocycles. The second kappa shape index (κ2) is 2.83. The lowest BCUT2D eigenvalue weighted by molar-refractivity contribution is -0.151. The van der Waals surface area contributed by atoms with Crippen LogP contribution in [0.1, 0.15) is 20.3 Å². The van der Waals surface area contributed by atoms with Crippen LogP contribution in [0.25, 0.3) is 0 Å². The molecule has 15 heavy (non-hydrogen) atoms. The normalized spacial score (nSPS) is 37.6. The van der Waals surface area contributed by atoms with Crippen molar-refractivity contribution in [2.24, 2.45) is 0 Å². The summed E-state index contributed by atoms with van der Waals surface area (Å²) < 4.78 is 11.6. The zero-order valence-corrected chi connectivity index (χ0v) is 9.03. The largest absolute Gasteiger partial charge is 0.369 e. The van der Waals surface area contributed by atoms with Gasteiger partial charge in [-0.2, -0.15) is 0 Å². The molecule has 0 unspecified atom stereocenters. The SMILES string of the molecule is CC1(C)O[C@@H]2CN3CCC(=O)C=C3[C@@H]2O1. The molecular weight excluding hydrogens is 194 g/mol. The van der Waals surface area contributed by atoms with Crippen molar-refractivity contribution in [1.82, 2.24) is 4.90 Å². The highest BCUT2D eigenvalue weighted by Gasteiger charge is 2.50. The molecular formula is C11H15NO3. The van der Waals surface area contributed by atoms with Gasteiger partial charge < -0.3 is 14.4 Å². The van der Waals surface area contributed by atoms with E-state index in [1.165, 1.54) is 0 Å². The fourth-order valence-electron chi connectivity index (χ4n) is 2.60. The Kier molecular flexibility index (Phi) is 1.77. The van der Waals surface area contributed by atoms with Crippen molar-refractivity contribution in [1.29, 1.82) is 0 Å². The van der Waals surface area contributed by atoms with Crippen LogP contribution in [0, 0.1) is 0 Å². The summed E-state index contributed by atoms with van der Waals surface area (Å²) in [6, 6.07) is 0. The van der Waals surface area contributed by atoms with Gasteiger partial charge in [-0.05, 0) is 13.8 Å². The highest BCUT2D eigenvalue weighted by atomic mass is 16.8. The Hall–Kier alpha value is -0.870. The maximum absolute atomic E-state index is 11.4. The van der Waals surface area contributed by atoms with E-state index in [1.807, 2.05) is 13.8 Å². The van der Waals surface area contributed by atoms with Crippen LogP contribution in [0.4, 0.5) is 0 Å². The Morgan fingerprint density at radius 1 is 1.47 bits per heavy atom. The summed E-state index contributed by atoms with van der Waals surface area (Å²) in [6.45, 7) is 5.50. The minimum atomic E-state index is -0.511. The van der Waals surface area contributed by atoms with Gasteiger partial charge in [0.1, 0.15) is 12.2 Å². The molecule has 4 nitrogen and oxygen atoms in total. The Balaban J connectivity index is 1.90. The maximum Gasteiger partial charge on any atom is 0.164 e. The van der Waals surface area contributed by atoms with E-state index in [2.05, 4.69) is 4.90 Å². The van der Waals surface area contributed by atoms with Crippen LogP contribution >= 0.6 is 0 Å². The number of rotatable bonds is 0. The van der Waals surface area contributed by atoms with Gasteiger partial charge in [-0.3, -0.25) is 4.79 Å². The van der Waals surface area contributed by atoms with Crippen LogP contribution in [0.2, 0.25) is 0 Å². The molecule has 0 radical (unpaired) electrons. The highest BCUT2D eigenvalue weighted by molar-refractivity contribution is 5.91. The zero-order valence-electron chi connectivity index (χ0n) is 9.03. The Bertz CT molecular complexity index is 348. The number of allylic oxidation sites excluding steroid dienone is 1. The summed E-state index contributed by atoms with van der Waals surface area (Å²) in [6.07, 6.45) is 2.40. The molecule has 0 N–H and O–H groups in total. The fourth-order valence-corrected chi connectivity index (χ4v) is 2.60. The van der Waals surface area contributed by atoms with Crippen molar-refractivity contribution in [3.63, 3.8) is 0 Å². The van der Waals surface area contributed by atoms with Gasteiger partial charge in [0.25, 0.3) is 0 Å². The molecule has 2 atom stereocenters. The summed E-state index contributed by atoms with van der Waals surface area (Å²) in [5, 5.41) is 0. The van der Waals surface area contributed by atoms with Crippen LogP contribution in [-0.4, -0.2) is 41.8 Å². The molecule has 4 heteroatoms. The lowest BCUT2D eigenvalue weighted by Gasteiger charge is -2.27. The van der Waals surface area contributed by atoms with E-state index < -0.39 is 5.79 Å². The lowest BCUT2D eigenvalue weighted by Crippen LogP contribution is -2.32. The molecule has 3 rings (SSSR count). The summed E-state index contributed by atoms with van der Waals surface area (Å²) in [5.74, 6) is -0.307. The van der Waals surface area contributed by atoms with Gasteiger partial charge in [0.2, 0.25) is 0 Å². The Morgan fingerprint density at radius 3 is 3.07 bits per heavy atom. The molecule has 0 amide bonds. The first-order chi connectivity index (χ1) is 7.05. The van der Waals surface area contributed by atoms with Gasteiger partial charge >= 0.3 is 0 Å². The van der Waals surface area contributed by atoms with Crippen molar-refractivity contribution in [2.75, 3.05) is 13.1 Å². The first kappa shape index (κ1) is 9.36.